The predicted octanol–water partition coefficient (Wildman–Crippen LogP) is 3.44. The molecule has 3 aliphatic rings. The Morgan fingerprint density at radius 3 is 2.11 bits per heavy atom. The highest BCUT2D eigenvalue weighted by atomic mass is 35.5. The fourth-order valence-corrected chi connectivity index (χ4v) is 3.82. The van der Waals surface area contributed by atoms with Crippen molar-refractivity contribution in [3.63, 3.8) is 0 Å². The van der Waals surface area contributed by atoms with Gasteiger partial charge in [0.1, 0.15) is 0 Å². The topological polar surface area (TPSA) is 43.4 Å². The van der Waals surface area contributed by atoms with Crippen molar-refractivity contribution in [1.82, 2.24) is 0 Å². The van der Waals surface area contributed by atoms with Crippen LogP contribution in [0.4, 0.5) is 0 Å². The molecule has 0 saturated heterocycles. The van der Waals surface area contributed by atoms with E-state index in [1.54, 1.807) is 0 Å². The van der Waals surface area contributed by atoms with Gasteiger partial charge >= 0.3 is 5.97 Å². The summed E-state index contributed by atoms with van der Waals surface area (Å²) in [6.45, 7) is 2.29. The summed E-state index contributed by atoms with van der Waals surface area (Å²) in [6, 6.07) is 0. The third-order valence-corrected chi connectivity index (χ3v) is 5.38. The van der Waals surface area contributed by atoms with Gasteiger partial charge in [-0.3, -0.25) is 9.59 Å². The molecule has 0 aromatic heterocycles. The van der Waals surface area contributed by atoms with Gasteiger partial charge in [0.05, 0.1) is 6.61 Å². The monoisotopic (exact) mass is 272 g/mol. The lowest BCUT2D eigenvalue weighted by Gasteiger charge is -2.52. The first kappa shape index (κ1) is 13.9. The molecule has 4 heteroatoms. The smallest absolute Gasteiger partial charge is 0.305 e. The van der Waals surface area contributed by atoms with Crippen molar-refractivity contribution >= 4 is 22.8 Å². The molecule has 0 spiro atoms. The average molecular weight is 273 g/mol. The molecule has 3 fully saturated rings. The lowest BCUT2D eigenvalue weighted by molar-refractivity contribution is -0.145. The molecule has 3 nitrogen and oxygen atoms in total. The van der Waals surface area contributed by atoms with Crippen LogP contribution in [-0.2, 0) is 14.3 Å². The Kier molecular flexibility index (Phi) is 4.00. The lowest BCUT2D eigenvalue weighted by atomic mass is 9.53. The van der Waals surface area contributed by atoms with E-state index >= 15 is 0 Å². The first-order chi connectivity index (χ1) is 8.52. The highest BCUT2D eigenvalue weighted by molar-refractivity contribution is 6.64. The molecule has 0 aliphatic heterocycles. The van der Waals surface area contributed by atoms with Crippen LogP contribution in [0.2, 0.25) is 0 Å². The highest BCUT2D eigenvalue weighted by Crippen LogP contribution is 2.59. The van der Waals surface area contributed by atoms with Gasteiger partial charge in [-0.2, -0.15) is 0 Å². The van der Waals surface area contributed by atoms with Gasteiger partial charge in [-0.1, -0.05) is 0 Å². The van der Waals surface area contributed by atoms with Crippen molar-refractivity contribution in [3.05, 3.63) is 0 Å². The minimum absolute atomic E-state index is 0.0947. The molecule has 0 N–H and O–H groups in total. The van der Waals surface area contributed by atoms with Gasteiger partial charge in [0.25, 0.3) is 0 Å². The number of rotatable bonds is 5. The van der Waals surface area contributed by atoms with Gasteiger partial charge in [-0.05, 0) is 68.9 Å². The number of esters is 1. The number of fused-ring (bicyclic) bond motifs is 3. The number of hydrogen-bond donors (Lipinski definition) is 0. The van der Waals surface area contributed by atoms with E-state index in [2.05, 4.69) is 0 Å². The first-order valence-electron chi connectivity index (χ1n) is 6.88. The summed E-state index contributed by atoms with van der Waals surface area (Å²) < 4.78 is 4.98. The maximum atomic E-state index is 11.5. The number of hydrogen-bond acceptors (Lipinski definition) is 3. The Labute approximate surface area is 113 Å². The Balaban J connectivity index is 1.89. The summed E-state index contributed by atoms with van der Waals surface area (Å²) in [5.41, 5.74) is 0.0219. The van der Waals surface area contributed by atoms with Crippen LogP contribution in [0.5, 0.6) is 0 Å². The van der Waals surface area contributed by atoms with Crippen LogP contribution in [0.25, 0.3) is 0 Å². The van der Waals surface area contributed by atoms with Crippen LogP contribution in [0, 0.1) is 10.8 Å². The van der Waals surface area contributed by atoms with Crippen LogP contribution in [0.1, 0.15) is 58.3 Å². The molecular weight excluding hydrogens is 252 g/mol. The second-order valence-electron chi connectivity index (χ2n) is 5.86. The van der Waals surface area contributed by atoms with Crippen molar-refractivity contribution in [1.29, 1.82) is 0 Å². The van der Waals surface area contributed by atoms with Crippen LogP contribution >= 0.6 is 11.6 Å². The summed E-state index contributed by atoms with van der Waals surface area (Å²) in [7, 11) is 0. The second-order valence-corrected chi connectivity index (χ2v) is 6.20. The summed E-state index contributed by atoms with van der Waals surface area (Å²) >= 11 is 5.74. The number of carbonyl (C=O) groups excluding carboxylic acids is 2. The standard InChI is InChI=1S/C14H21ClO3/c1-2-18-11(16)3-4-13-5-8-14(9-6-13,10-7-13)12(15)17/h2-10H2,1H3. The minimum atomic E-state index is -0.243. The molecular formula is C14H21ClO3. The molecule has 0 amide bonds. The van der Waals surface area contributed by atoms with Gasteiger partial charge in [-0.25, -0.2) is 0 Å². The molecule has 0 aromatic rings. The van der Waals surface area contributed by atoms with E-state index in [1.165, 1.54) is 0 Å². The van der Waals surface area contributed by atoms with Crippen LogP contribution < -0.4 is 0 Å². The Morgan fingerprint density at radius 2 is 1.67 bits per heavy atom. The van der Waals surface area contributed by atoms with Crippen molar-refractivity contribution in [3.8, 4) is 0 Å². The fraction of sp³-hybridized carbons (Fsp3) is 0.857. The minimum Gasteiger partial charge on any atom is -0.466 e. The van der Waals surface area contributed by atoms with Crippen LogP contribution in [-0.4, -0.2) is 17.8 Å². The van der Waals surface area contributed by atoms with Crippen LogP contribution in [0.3, 0.4) is 0 Å². The zero-order chi connectivity index (χ0) is 13.2. The molecule has 0 heterocycles. The average Bonchev–Trinajstić information content (AvgIpc) is 2.39. The van der Waals surface area contributed by atoms with E-state index in [0.29, 0.717) is 13.0 Å². The van der Waals surface area contributed by atoms with Gasteiger partial charge in [0, 0.05) is 11.8 Å². The zero-order valence-corrected chi connectivity index (χ0v) is 11.7. The van der Waals surface area contributed by atoms with Gasteiger partial charge < -0.3 is 4.74 Å². The van der Waals surface area contributed by atoms with Gasteiger partial charge in [-0.15, -0.1) is 0 Å². The molecule has 0 unspecified atom stereocenters. The zero-order valence-electron chi connectivity index (χ0n) is 11.0. The van der Waals surface area contributed by atoms with E-state index in [9.17, 15) is 9.59 Å². The Hall–Kier alpha value is -0.570. The van der Waals surface area contributed by atoms with E-state index in [4.69, 9.17) is 16.3 Å². The summed E-state index contributed by atoms with van der Waals surface area (Å²) in [6.07, 6.45) is 7.21. The summed E-state index contributed by atoms with van der Waals surface area (Å²) in [5, 5.41) is -0.152. The number of carbonyl (C=O) groups is 2. The summed E-state index contributed by atoms with van der Waals surface area (Å²) in [5.74, 6) is -0.0947. The summed E-state index contributed by atoms with van der Waals surface area (Å²) in [4.78, 5) is 23.0. The van der Waals surface area contributed by atoms with Crippen molar-refractivity contribution < 1.29 is 14.3 Å². The highest BCUT2D eigenvalue weighted by Gasteiger charge is 2.51. The Bertz CT molecular complexity index is 326. The first-order valence-corrected chi connectivity index (χ1v) is 7.25. The van der Waals surface area contributed by atoms with E-state index in [0.717, 1.165) is 44.9 Å². The predicted molar refractivity (Wildman–Crippen MR) is 69.3 cm³/mol. The van der Waals surface area contributed by atoms with Crippen molar-refractivity contribution in [2.24, 2.45) is 10.8 Å². The quantitative estimate of drug-likeness (QED) is 0.569. The number of ether oxygens (including phenoxy) is 1. The third kappa shape index (κ3) is 2.56. The van der Waals surface area contributed by atoms with Crippen molar-refractivity contribution in [2.75, 3.05) is 6.61 Å². The van der Waals surface area contributed by atoms with E-state index in [-0.39, 0.29) is 22.0 Å². The fourth-order valence-electron chi connectivity index (χ4n) is 3.53. The maximum absolute atomic E-state index is 11.5. The normalized spacial score (nSPS) is 34.3. The molecule has 3 saturated carbocycles. The molecule has 0 radical (unpaired) electrons. The number of halogens is 1. The SMILES string of the molecule is CCOC(=O)CCC12CCC(C(=O)Cl)(CC1)CC2. The largest absolute Gasteiger partial charge is 0.466 e. The Morgan fingerprint density at radius 1 is 1.11 bits per heavy atom. The molecule has 18 heavy (non-hydrogen) atoms. The molecule has 2 bridgehead atoms. The molecule has 0 aromatic carbocycles. The molecule has 102 valence electrons. The van der Waals surface area contributed by atoms with Gasteiger partial charge in [0.2, 0.25) is 5.24 Å². The van der Waals surface area contributed by atoms with Crippen LogP contribution in [0.15, 0.2) is 0 Å². The second kappa shape index (κ2) is 5.20. The van der Waals surface area contributed by atoms with E-state index in [1.807, 2.05) is 6.92 Å². The third-order valence-electron chi connectivity index (χ3n) is 4.98. The van der Waals surface area contributed by atoms with Gasteiger partial charge in [0.15, 0.2) is 0 Å². The molecule has 0 atom stereocenters. The lowest BCUT2D eigenvalue weighted by Crippen LogP contribution is -2.44. The van der Waals surface area contributed by atoms with Crippen molar-refractivity contribution in [2.45, 2.75) is 58.3 Å². The molecule has 3 rings (SSSR count). The maximum Gasteiger partial charge on any atom is 0.305 e. The molecule has 3 aliphatic carbocycles. The van der Waals surface area contributed by atoms with E-state index < -0.39 is 0 Å².